The molecular formula is C23H16ClN3O7S. The maximum Gasteiger partial charge on any atom is 0.300 e. The zero-order valence-electron chi connectivity index (χ0n) is 17.7. The predicted octanol–water partition coefficient (Wildman–Crippen LogP) is 3.52. The Morgan fingerprint density at radius 2 is 1.54 bits per heavy atom. The molecule has 1 heterocycles. The lowest BCUT2D eigenvalue weighted by Gasteiger charge is -2.25. The number of hydrogen-bond acceptors (Lipinski definition) is 7. The molecule has 3 N–H and O–H groups in total. The van der Waals surface area contributed by atoms with Gasteiger partial charge in [-0.05, 0) is 66.2 Å². The van der Waals surface area contributed by atoms with Crippen molar-refractivity contribution in [3.63, 3.8) is 0 Å². The molecule has 0 spiro atoms. The van der Waals surface area contributed by atoms with Crippen molar-refractivity contribution < 1.29 is 28.0 Å². The van der Waals surface area contributed by atoms with Gasteiger partial charge in [0.1, 0.15) is 5.76 Å². The number of nitrogens with two attached hydrogens (primary N) is 1. The van der Waals surface area contributed by atoms with Gasteiger partial charge in [-0.15, -0.1) is 0 Å². The first-order chi connectivity index (χ1) is 16.5. The number of amides is 1. The summed E-state index contributed by atoms with van der Waals surface area (Å²) in [6.45, 7) is 0. The zero-order chi connectivity index (χ0) is 25.5. The summed E-state index contributed by atoms with van der Waals surface area (Å²) in [5, 5.41) is 27.6. The molecule has 0 radical (unpaired) electrons. The highest BCUT2D eigenvalue weighted by molar-refractivity contribution is 7.89. The second-order valence-electron chi connectivity index (χ2n) is 7.56. The number of Topliss-reactive ketones (excluding diaryl/α,β-unsaturated/α-hetero) is 1. The van der Waals surface area contributed by atoms with Gasteiger partial charge in [0.2, 0.25) is 10.0 Å². The van der Waals surface area contributed by atoms with Crippen LogP contribution in [-0.2, 0) is 19.6 Å². The molecule has 178 valence electrons. The molecule has 1 fully saturated rings. The Kier molecular flexibility index (Phi) is 6.15. The number of benzene rings is 3. The van der Waals surface area contributed by atoms with Crippen molar-refractivity contribution >= 4 is 50.4 Å². The van der Waals surface area contributed by atoms with E-state index in [-0.39, 0.29) is 27.4 Å². The average Bonchev–Trinajstić information content (AvgIpc) is 3.09. The molecule has 10 nitrogen and oxygen atoms in total. The molecule has 1 saturated heterocycles. The van der Waals surface area contributed by atoms with Crippen LogP contribution in [-0.4, -0.2) is 30.1 Å². The first-order valence-corrected chi connectivity index (χ1v) is 11.9. The SMILES string of the molecule is NS(=O)(=O)c1ccc(N2C(=O)C(=O)/C(=C(/O)c3ccc(Cl)cc3)C2c2ccc([N+](=O)[O-])cc2)cc1. The highest BCUT2D eigenvalue weighted by Gasteiger charge is 2.47. The summed E-state index contributed by atoms with van der Waals surface area (Å²) in [5.41, 5.74) is 0.227. The van der Waals surface area contributed by atoms with Crippen LogP contribution in [0.25, 0.3) is 5.76 Å². The Hall–Kier alpha value is -4.06. The normalized spacial score (nSPS) is 17.5. The smallest absolute Gasteiger partial charge is 0.300 e. The Bertz CT molecular complexity index is 1480. The van der Waals surface area contributed by atoms with Crippen LogP contribution in [0.1, 0.15) is 17.2 Å². The summed E-state index contributed by atoms with van der Waals surface area (Å²) in [5.74, 6) is -2.43. The minimum absolute atomic E-state index is 0.151. The van der Waals surface area contributed by atoms with E-state index in [4.69, 9.17) is 16.7 Å². The molecular weight excluding hydrogens is 498 g/mol. The second-order valence-corrected chi connectivity index (χ2v) is 9.56. The van der Waals surface area contributed by atoms with Gasteiger partial charge in [-0.1, -0.05) is 11.6 Å². The number of nitro groups is 1. The molecule has 1 aliphatic rings. The van der Waals surface area contributed by atoms with Crippen LogP contribution in [0, 0.1) is 10.1 Å². The van der Waals surface area contributed by atoms with Crippen LogP contribution < -0.4 is 10.0 Å². The van der Waals surface area contributed by atoms with Gasteiger partial charge in [0, 0.05) is 28.4 Å². The van der Waals surface area contributed by atoms with Crippen molar-refractivity contribution in [2.45, 2.75) is 10.9 Å². The number of nitrogens with zero attached hydrogens (tertiary/aromatic N) is 2. The van der Waals surface area contributed by atoms with E-state index in [0.29, 0.717) is 10.6 Å². The van der Waals surface area contributed by atoms with E-state index in [2.05, 4.69) is 0 Å². The number of aliphatic hydroxyl groups is 1. The lowest BCUT2D eigenvalue weighted by Crippen LogP contribution is -2.29. The van der Waals surface area contributed by atoms with Crippen LogP contribution >= 0.6 is 11.6 Å². The van der Waals surface area contributed by atoms with Crippen molar-refractivity contribution in [2.75, 3.05) is 4.90 Å². The molecule has 1 atom stereocenters. The topological polar surface area (TPSA) is 161 Å². The summed E-state index contributed by atoms with van der Waals surface area (Å²) in [7, 11) is -4.00. The number of carbonyl (C=O) groups excluding carboxylic acids is 2. The lowest BCUT2D eigenvalue weighted by molar-refractivity contribution is -0.384. The molecule has 1 unspecified atom stereocenters. The number of nitro benzene ring substituents is 1. The molecule has 1 aliphatic heterocycles. The minimum Gasteiger partial charge on any atom is -0.507 e. The summed E-state index contributed by atoms with van der Waals surface area (Å²) in [6.07, 6.45) is 0. The quantitative estimate of drug-likeness (QED) is 0.173. The maximum atomic E-state index is 13.1. The number of carbonyl (C=O) groups is 2. The number of sulfonamides is 1. The Balaban J connectivity index is 1.92. The molecule has 1 amide bonds. The van der Waals surface area contributed by atoms with Gasteiger partial charge >= 0.3 is 0 Å². The summed E-state index contributed by atoms with van der Waals surface area (Å²) < 4.78 is 23.2. The zero-order valence-corrected chi connectivity index (χ0v) is 19.2. The van der Waals surface area contributed by atoms with E-state index in [1.54, 1.807) is 0 Å². The predicted molar refractivity (Wildman–Crippen MR) is 127 cm³/mol. The van der Waals surface area contributed by atoms with E-state index in [9.17, 15) is 33.2 Å². The number of aliphatic hydroxyl groups excluding tert-OH is 1. The number of ketones is 1. The largest absolute Gasteiger partial charge is 0.507 e. The van der Waals surface area contributed by atoms with Crippen LogP contribution in [0.2, 0.25) is 5.02 Å². The van der Waals surface area contributed by atoms with Crippen molar-refractivity contribution in [3.05, 3.63) is 105 Å². The molecule has 0 aliphatic carbocycles. The van der Waals surface area contributed by atoms with Gasteiger partial charge in [0.25, 0.3) is 17.4 Å². The Labute approximate surface area is 204 Å². The number of non-ortho nitro benzene ring substituents is 1. The van der Waals surface area contributed by atoms with E-state index in [1.165, 1.54) is 72.8 Å². The van der Waals surface area contributed by atoms with E-state index in [0.717, 1.165) is 4.90 Å². The molecule has 3 aromatic rings. The van der Waals surface area contributed by atoms with Crippen molar-refractivity contribution in [1.29, 1.82) is 0 Å². The Morgan fingerprint density at radius 3 is 2.06 bits per heavy atom. The second kappa shape index (κ2) is 8.95. The number of primary sulfonamides is 1. The molecule has 3 aromatic carbocycles. The van der Waals surface area contributed by atoms with Gasteiger partial charge in [-0.25, -0.2) is 13.6 Å². The standard InChI is InChI=1S/C23H16ClN3O7S/c24-15-5-1-14(2-6-15)21(28)19-20(13-3-7-17(8-4-13)27(31)32)26(23(30)22(19)29)16-9-11-18(12-10-16)35(25,33)34/h1-12,20,28H,(H2,25,33,34)/b21-19+. The average molecular weight is 514 g/mol. The molecule has 12 heteroatoms. The number of hydrogen-bond donors (Lipinski definition) is 2. The number of halogens is 1. The monoisotopic (exact) mass is 513 g/mol. The maximum absolute atomic E-state index is 13.1. The summed E-state index contributed by atoms with van der Waals surface area (Å²) in [6, 6.07) is 14.9. The van der Waals surface area contributed by atoms with Gasteiger partial charge < -0.3 is 5.11 Å². The van der Waals surface area contributed by atoms with E-state index >= 15 is 0 Å². The van der Waals surface area contributed by atoms with Gasteiger partial charge in [0.05, 0.1) is 21.4 Å². The fourth-order valence-corrected chi connectivity index (χ4v) is 4.39. The van der Waals surface area contributed by atoms with Gasteiger partial charge in [-0.3, -0.25) is 24.6 Å². The number of rotatable bonds is 5. The molecule has 0 saturated carbocycles. The Morgan fingerprint density at radius 1 is 0.971 bits per heavy atom. The molecule has 4 rings (SSSR count). The molecule has 0 bridgehead atoms. The molecule has 35 heavy (non-hydrogen) atoms. The van der Waals surface area contributed by atoms with Crippen LogP contribution in [0.3, 0.4) is 0 Å². The van der Waals surface area contributed by atoms with Crippen molar-refractivity contribution in [3.8, 4) is 0 Å². The van der Waals surface area contributed by atoms with E-state index in [1.807, 2.05) is 0 Å². The first-order valence-electron chi connectivity index (χ1n) is 9.93. The van der Waals surface area contributed by atoms with Crippen molar-refractivity contribution in [2.24, 2.45) is 5.14 Å². The first kappa shape index (κ1) is 24.1. The highest BCUT2D eigenvalue weighted by atomic mass is 35.5. The van der Waals surface area contributed by atoms with Gasteiger partial charge in [0.15, 0.2) is 0 Å². The summed E-state index contributed by atoms with van der Waals surface area (Å²) in [4.78, 5) is 37.6. The van der Waals surface area contributed by atoms with Crippen LogP contribution in [0.5, 0.6) is 0 Å². The van der Waals surface area contributed by atoms with Crippen LogP contribution in [0.15, 0.2) is 83.3 Å². The fraction of sp³-hybridized carbons (Fsp3) is 0.0435. The number of anilines is 1. The fourth-order valence-electron chi connectivity index (χ4n) is 3.75. The minimum atomic E-state index is -4.00. The van der Waals surface area contributed by atoms with Crippen LogP contribution in [0.4, 0.5) is 11.4 Å². The summed E-state index contributed by atoms with van der Waals surface area (Å²) >= 11 is 5.91. The van der Waals surface area contributed by atoms with Crippen molar-refractivity contribution in [1.82, 2.24) is 0 Å². The third-order valence-electron chi connectivity index (χ3n) is 5.43. The lowest BCUT2D eigenvalue weighted by atomic mass is 9.95. The third-order valence-corrected chi connectivity index (χ3v) is 6.61. The van der Waals surface area contributed by atoms with Gasteiger partial charge in [-0.2, -0.15) is 0 Å². The van der Waals surface area contributed by atoms with E-state index < -0.39 is 38.4 Å². The third kappa shape index (κ3) is 4.52. The molecule has 0 aromatic heterocycles. The highest BCUT2D eigenvalue weighted by Crippen LogP contribution is 2.42.